The van der Waals surface area contributed by atoms with Crippen molar-refractivity contribution in [1.29, 1.82) is 0 Å². The fourth-order valence-corrected chi connectivity index (χ4v) is 1.80. The first kappa shape index (κ1) is 13.0. The molecule has 1 aliphatic rings. The summed E-state index contributed by atoms with van der Waals surface area (Å²) in [5.74, 6) is -1.41. The van der Waals surface area contributed by atoms with Crippen molar-refractivity contribution in [1.82, 2.24) is 15.5 Å². The number of carboxylic acids is 1. The van der Waals surface area contributed by atoms with Crippen molar-refractivity contribution >= 4 is 35.1 Å². The van der Waals surface area contributed by atoms with Gasteiger partial charge in [-0.2, -0.15) is 0 Å². The van der Waals surface area contributed by atoms with Gasteiger partial charge in [0.2, 0.25) is 0 Å². The number of aliphatic carboxylic acids is 1. The number of rotatable bonds is 4. The Morgan fingerprint density at radius 2 is 2.06 bits per heavy atom. The van der Waals surface area contributed by atoms with E-state index in [-0.39, 0.29) is 22.4 Å². The normalized spacial score (nSPS) is 16.1. The summed E-state index contributed by atoms with van der Waals surface area (Å²) in [6, 6.07) is 1.28. The van der Waals surface area contributed by atoms with Gasteiger partial charge in [-0.15, -0.1) is 10.2 Å². The van der Waals surface area contributed by atoms with Crippen molar-refractivity contribution in [3.63, 3.8) is 0 Å². The largest absolute Gasteiger partial charge is 0.481 e. The van der Waals surface area contributed by atoms with E-state index in [0.717, 1.165) is 0 Å². The molecule has 1 aromatic heterocycles. The molecule has 6 nitrogen and oxygen atoms in total. The molecule has 0 atom stereocenters. The molecule has 18 heavy (non-hydrogen) atoms. The van der Waals surface area contributed by atoms with Crippen LogP contribution in [0.25, 0.3) is 0 Å². The van der Waals surface area contributed by atoms with Crippen LogP contribution in [0.2, 0.25) is 10.3 Å². The fraction of sp³-hybridized carbons (Fsp3) is 0.400. The van der Waals surface area contributed by atoms with Crippen molar-refractivity contribution < 1.29 is 14.7 Å². The molecular formula is C10H9Cl2N3O3. The number of carboxylic acid groups (broad SMARTS) is 1. The minimum atomic E-state index is -0.903. The third kappa shape index (κ3) is 2.54. The zero-order valence-corrected chi connectivity index (χ0v) is 10.6. The first-order chi connectivity index (χ1) is 8.44. The van der Waals surface area contributed by atoms with Gasteiger partial charge in [0.1, 0.15) is 0 Å². The number of halogens is 2. The first-order valence-electron chi connectivity index (χ1n) is 5.15. The summed E-state index contributed by atoms with van der Waals surface area (Å²) >= 11 is 11.3. The van der Waals surface area contributed by atoms with Crippen LogP contribution in [0.1, 0.15) is 23.2 Å². The maximum Gasteiger partial charge on any atom is 0.311 e. The zero-order chi connectivity index (χ0) is 13.3. The molecule has 2 rings (SSSR count). The Kier molecular flexibility index (Phi) is 3.41. The molecule has 1 saturated carbocycles. The third-order valence-electron chi connectivity index (χ3n) is 2.86. The number of carbonyl (C=O) groups is 2. The van der Waals surface area contributed by atoms with Crippen LogP contribution in [0.3, 0.4) is 0 Å². The molecule has 1 heterocycles. The molecule has 0 spiro atoms. The average Bonchev–Trinajstić information content (AvgIpc) is 3.10. The highest BCUT2D eigenvalue weighted by molar-refractivity contribution is 6.34. The molecule has 1 fully saturated rings. The maximum absolute atomic E-state index is 11.8. The van der Waals surface area contributed by atoms with E-state index < -0.39 is 17.3 Å². The summed E-state index contributed by atoms with van der Waals surface area (Å²) in [7, 11) is 0. The summed E-state index contributed by atoms with van der Waals surface area (Å²) in [5, 5.41) is 18.4. The van der Waals surface area contributed by atoms with E-state index in [1.807, 2.05) is 0 Å². The quantitative estimate of drug-likeness (QED) is 0.874. The lowest BCUT2D eigenvalue weighted by atomic mass is 10.1. The van der Waals surface area contributed by atoms with Gasteiger partial charge in [0, 0.05) is 6.54 Å². The van der Waals surface area contributed by atoms with Crippen molar-refractivity contribution in [3.8, 4) is 0 Å². The smallest absolute Gasteiger partial charge is 0.311 e. The second-order valence-corrected chi connectivity index (χ2v) is 4.88. The summed E-state index contributed by atoms with van der Waals surface area (Å²) < 4.78 is 0. The number of amides is 1. The zero-order valence-electron chi connectivity index (χ0n) is 9.11. The van der Waals surface area contributed by atoms with E-state index >= 15 is 0 Å². The first-order valence-corrected chi connectivity index (χ1v) is 5.90. The van der Waals surface area contributed by atoms with E-state index in [1.54, 1.807) is 0 Å². The van der Waals surface area contributed by atoms with Gasteiger partial charge in [-0.25, -0.2) is 0 Å². The van der Waals surface area contributed by atoms with Gasteiger partial charge in [0.25, 0.3) is 5.91 Å². The Bertz CT molecular complexity index is 517. The minimum Gasteiger partial charge on any atom is -0.481 e. The lowest BCUT2D eigenvalue weighted by molar-refractivity contribution is -0.143. The number of aromatic nitrogens is 2. The molecule has 1 aromatic rings. The molecular weight excluding hydrogens is 281 g/mol. The summed E-state index contributed by atoms with van der Waals surface area (Å²) in [6.07, 6.45) is 1.12. The van der Waals surface area contributed by atoms with Gasteiger partial charge >= 0.3 is 5.97 Å². The minimum absolute atomic E-state index is 0.0453. The van der Waals surface area contributed by atoms with Gasteiger partial charge < -0.3 is 10.4 Å². The standard InChI is InChI=1S/C10H9Cl2N3O3/c11-6-3-5(7(12)15-14-6)8(16)13-4-10(1-2-10)9(17)18/h3H,1-2,4H2,(H,13,16)(H,17,18). The van der Waals surface area contributed by atoms with Crippen LogP contribution in [0.15, 0.2) is 6.07 Å². The number of hydrogen-bond donors (Lipinski definition) is 2. The van der Waals surface area contributed by atoms with Crippen molar-refractivity contribution in [2.24, 2.45) is 5.41 Å². The van der Waals surface area contributed by atoms with Gasteiger partial charge in [-0.1, -0.05) is 23.2 Å². The van der Waals surface area contributed by atoms with Crippen LogP contribution in [0.5, 0.6) is 0 Å². The lowest BCUT2D eigenvalue weighted by Crippen LogP contribution is -2.34. The van der Waals surface area contributed by atoms with Gasteiger partial charge in [0.15, 0.2) is 10.3 Å². The van der Waals surface area contributed by atoms with Crippen LogP contribution in [-0.2, 0) is 4.79 Å². The van der Waals surface area contributed by atoms with Gasteiger partial charge in [0.05, 0.1) is 11.0 Å². The van der Waals surface area contributed by atoms with Gasteiger partial charge in [-0.05, 0) is 18.9 Å². The third-order valence-corrected chi connectivity index (χ3v) is 3.32. The van der Waals surface area contributed by atoms with E-state index in [4.69, 9.17) is 28.3 Å². The number of hydrogen-bond acceptors (Lipinski definition) is 4. The molecule has 8 heteroatoms. The van der Waals surface area contributed by atoms with E-state index in [9.17, 15) is 9.59 Å². The molecule has 0 bridgehead atoms. The second kappa shape index (κ2) is 4.70. The van der Waals surface area contributed by atoms with Crippen LogP contribution >= 0.6 is 23.2 Å². The molecule has 0 aromatic carbocycles. The number of nitrogens with zero attached hydrogens (tertiary/aromatic N) is 2. The maximum atomic E-state index is 11.8. The topological polar surface area (TPSA) is 92.2 Å². The summed E-state index contributed by atoms with van der Waals surface area (Å²) in [4.78, 5) is 22.7. The van der Waals surface area contributed by atoms with Crippen LogP contribution < -0.4 is 5.32 Å². The monoisotopic (exact) mass is 289 g/mol. The van der Waals surface area contributed by atoms with Crippen LogP contribution in [0, 0.1) is 5.41 Å². The van der Waals surface area contributed by atoms with E-state index in [2.05, 4.69) is 15.5 Å². The van der Waals surface area contributed by atoms with Gasteiger partial charge in [-0.3, -0.25) is 9.59 Å². The van der Waals surface area contributed by atoms with E-state index in [0.29, 0.717) is 12.8 Å². The Labute approximate surface area is 112 Å². The molecule has 0 unspecified atom stereocenters. The number of carbonyl (C=O) groups excluding carboxylic acids is 1. The Hall–Kier alpha value is -1.40. The highest BCUT2D eigenvalue weighted by atomic mass is 35.5. The lowest BCUT2D eigenvalue weighted by Gasteiger charge is -2.11. The highest BCUT2D eigenvalue weighted by Gasteiger charge is 2.50. The predicted molar refractivity (Wildman–Crippen MR) is 63.7 cm³/mol. The SMILES string of the molecule is O=C(NCC1(C(=O)O)CC1)c1cc(Cl)nnc1Cl. The van der Waals surface area contributed by atoms with E-state index in [1.165, 1.54) is 6.07 Å². The fourth-order valence-electron chi connectivity index (χ4n) is 1.47. The number of nitrogens with one attached hydrogen (secondary N) is 1. The molecule has 0 saturated heterocycles. The Morgan fingerprint density at radius 3 is 2.61 bits per heavy atom. The highest BCUT2D eigenvalue weighted by Crippen LogP contribution is 2.45. The summed E-state index contributed by atoms with van der Waals surface area (Å²) in [5.41, 5.74) is -0.746. The molecule has 0 radical (unpaired) electrons. The molecule has 1 aliphatic carbocycles. The molecule has 0 aliphatic heterocycles. The van der Waals surface area contributed by atoms with Crippen LogP contribution in [0.4, 0.5) is 0 Å². The molecule has 96 valence electrons. The average molecular weight is 290 g/mol. The Morgan fingerprint density at radius 1 is 1.39 bits per heavy atom. The Balaban J connectivity index is 2.04. The predicted octanol–water partition coefficient (Wildman–Crippen LogP) is 1.38. The van der Waals surface area contributed by atoms with Crippen molar-refractivity contribution in [2.45, 2.75) is 12.8 Å². The second-order valence-electron chi connectivity index (χ2n) is 4.14. The van der Waals surface area contributed by atoms with Crippen molar-refractivity contribution in [3.05, 3.63) is 21.9 Å². The molecule has 1 amide bonds. The summed E-state index contributed by atoms with van der Waals surface area (Å²) in [6.45, 7) is 0.0669. The van der Waals surface area contributed by atoms with Crippen LogP contribution in [-0.4, -0.2) is 33.7 Å². The molecule has 2 N–H and O–H groups in total. The van der Waals surface area contributed by atoms with Crippen molar-refractivity contribution in [2.75, 3.05) is 6.54 Å².